The molecule has 0 saturated heterocycles. The van der Waals surface area contributed by atoms with Gasteiger partial charge in [-0.05, 0) is 42.2 Å². The summed E-state index contributed by atoms with van der Waals surface area (Å²) in [5, 5.41) is 13.3. The van der Waals surface area contributed by atoms with Crippen LogP contribution < -0.4 is 10.6 Å². The Morgan fingerprint density at radius 3 is 2.38 bits per heavy atom. The van der Waals surface area contributed by atoms with Gasteiger partial charge in [0.25, 0.3) is 0 Å². The van der Waals surface area contributed by atoms with Gasteiger partial charge in [-0.3, -0.25) is 5.32 Å². The molecular weight excluding hydrogens is 341 g/mol. The smallest absolute Gasteiger partial charge is 0.418 e. The molecule has 0 aliphatic heterocycles. The quantitative estimate of drug-likeness (QED) is 0.650. The molecule has 128 valence electrons. The second-order valence-corrected chi connectivity index (χ2v) is 5.77. The average molecular weight is 356 g/mol. The summed E-state index contributed by atoms with van der Waals surface area (Å²) >= 11 is 1.60. The van der Waals surface area contributed by atoms with Crippen LogP contribution in [0.2, 0.25) is 0 Å². The van der Waals surface area contributed by atoms with Crippen LogP contribution in [0.25, 0.3) is 0 Å². The van der Waals surface area contributed by atoms with Crippen molar-refractivity contribution in [3.63, 3.8) is 0 Å². The van der Waals surface area contributed by atoms with Gasteiger partial charge in [-0.1, -0.05) is 12.1 Å². The SMILES string of the molecule is CSc1ccc(CNc2ccc(NC(=O)O)c(C(F)(F)F)c2)cc1. The normalized spacial score (nSPS) is 11.2. The molecule has 3 N–H and O–H groups in total. The topological polar surface area (TPSA) is 61.4 Å². The Bertz CT molecular complexity index is 718. The Labute approximate surface area is 141 Å². The number of benzene rings is 2. The van der Waals surface area contributed by atoms with Gasteiger partial charge in [-0.2, -0.15) is 13.2 Å². The molecule has 8 heteroatoms. The van der Waals surface area contributed by atoms with Gasteiger partial charge in [-0.25, -0.2) is 4.79 Å². The van der Waals surface area contributed by atoms with Gasteiger partial charge in [0.2, 0.25) is 0 Å². The molecule has 2 aromatic carbocycles. The van der Waals surface area contributed by atoms with Crippen LogP contribution in [0.3, 0.4) is 0 Å². The Morgan fingerprint density at radius 2 is 1.83 bits per heavy atom. The Balaban J connectivity index is 2.16. The highest BCUT2D eigenvalue weighted by Gasteiger charge is 2.34. The van der Waals surface area contributed by atoms with Crippen LogP contribution in [0, 0.1) is 0 Å². The molecular formula is C16H15F3N2O2S. The lowest BCUT2D eigenvalue weighted by atomic mass is 10.1. The van der Waals surface area contributed by atoms with E-state index in [2.05, 4.69) is 5.32 Å². The first-order chi connectivity index (χ1) is 11.3. The van der Waals surface area contributed by atoms with Crippen molar-refractivity contribution < 1.29 is 23.1 Å². The van der Waals surface area contributed by atoms with Crippen molar-refractivity contribution >= 4 is 29.2 Å². The summed E-state index contributed by atoms with van der Waals surface area (Å²) in [4.78, 5) is 11.7. The molecule has 4 nitrogen and oxygen atoms in total. The Hall–Kier alpha value is -2.35. The maximum absolute atomic E-state index is 13.1. The highest BCUT2D eigenvalue weighted by atomic mass is 32.2. The monoisotopic (exact) mass is 356 g/mol. The molecule has 0 atom stereocenters. The lowest BCUT2D eigenvalue weighted by Gasteiger charge is -2.15. The van der Waals surface area contributed by atoms with E-state index in [1.807, 2.05) is 30.5 Å². The molecule has 24 heavy (non-hydrogen) atoms. The first-order valence-electron chi connectivity index (χ1n) is 6.87. The molecule has 0 heterocycles. The molecule has 0 radical (unpaired) electrons. The zero-order valence-electron chi connectivity index (χ0n) is 12.6. The summed E-state index contributed by atoms with van der Waals surface area (Å²) in [5.74, 6) is 0. The lowest BCUT2D eigenvalue weighted by molar-refractivity contribution is -0.136. The number of carboxylic acid groups (broad SMARTS) is 1. The van der Waals surface area contributed by atoms with Crippen LogP contribution in [-0.2, 0) is 12.7 Å². The second kappa shape index (κ2) is 7.48. The maximum atomic E-state index is 13.1. The minimum atomic E-state index is -4.66. The summed E-state index contributed by atoms with van der Waals surface area (Å²) in [6.45, 7) is 0.359. The van der Waals surface area contributed by atoms with E-state index in [1.54, 1.807) is 17.1 Å². The number of halogens is 3. The molecule has 0 fully saturated rings. The van der Waals surface area contributed by atoms with Crippen molar-refractivity contribution in [1.29, 1.82) is 0 Å². The zero-order valence-corrected chi connectivity index (χ0v) is 13.5. The van der Waals surface area contributed by atoms with E-state index in [1.165, 1.54) is 6.07 Å². The number of carbonyl (C=O) groups is 1. The van der Waals surface area contributed by atoms with E-state index in [0.717, 1.165) is 22.6 Å². The molecule has 1 amide bonds. The first kappa shape index (κ1) is 18.0. The Kier molecular flexibility index (Phi) is 5.61. The molecule has 0 aliphatic carbocycles. The minimum absolute atomic E-state index is 0.257. The van der Waals surface area contributed by atoms with Gasteiger partial charge in [0.15, 0.2) is 0 Å². The number of amides is 1. The average Bonchev–Trinajstić information content (AvgIpc) is 2.53. The largest absolute Gasteiger partial charge is 0.465 e. The highest BCUT2D eigenvalue weighted by Crippen LogP contribution is 2.36. The fourth-order valence-corrected chi connectivity index (χ4v) is 2.47. The number of hydrogen-bond acceptors (Lipinski definition) is 3. The molecule has 0 aliphatic rings. The van der Waals surface area contributed by atoms with E-state index in [0.29, 0.717) is 6.54 Å². The number of thioether (sulfide) groups is 1. The molecule has 0 bridgehead atoms. The summed E-state index contributed by atoms with van der Waals surface area (Å²) in [7, 11) is 0. The minimum Gasteiger partial charge on any atom is -0.465 e. The maximum Gasteiger partial charge on any atom is 0.418 e. The summed E-state index contributed by atoms with van der Waals surface area (Å²) in [6.07, 6.45) is -4.25. The predicted molar refractivity (Wildman–Crippen MR) is 88.6 cm³/mol. The fraction of sp³-hybridized carbons (Fsp3) is 0.188. The van der Waals surface area contributed by atoms with Crippen molar-refractivity contribution in [3.8, 4) is 0 Å². The Morgan fingerprint density at radius 1 is 1.17 bits per heavy atom. The molecule has 0 saturated carbocycles. The summed E-state index contributed by atoms with van der Waals surface area (Å²) in [5.41, 5.74) is -0.348. The van der Waals surface area contributed by atoms with Crippen LogP contribution in [0.1, 0.15) is 11.1 Å². The van der Waals surface area contributed by atoms with E-state index in [-0.39, 0.29) is 5.69 Å². The lowest BCUT2D eigenvalue weighted by Crippen LogP contribution is -2.15. The molecule has 0 unspecified atom stereocenters. The van der Waals surface area contributed by atoms with Gasteiger partial charge >= 0.3 is 12.3 Å². The highest BCUT2D eigenvalue weighted by molar-refractivity contribution is 7.98. The summed E-state index contributed by atoms with van der Waals surface area (Å²) in [6, 6.07) is 11.0. The van der Waals surface area contributed by atoms with Gasteiger partial charge in [0, 0.05) is 17.1 Å². The van der Waals surface area contributed by atoms with Gasteiger partial charge in [-0.15, -0.1) is 11.8 Å². The van der Waals surface area contributed by atoms with Gasteiger partial charge < -0.3 is 10.4 Å². The summed E-state index contributed by atoms with van der Waals surface area (Å²) < 4.78 is 39.2. The number of nitrogens with one attached hydrogen (secondary N) is 2. The number of hydrogen-bond donors (Lipinski definition) is 3. The molecule has 0 spiro atoms. The number of anilines is 2. The predicted octanol–water partition coefficient (Wildman–Crippen LogP) is 5.13. The third kappa shape index (κ3) is 4.82. The van der Waals surface area contributed by atoms with Crippen molar-refractivity contribution in [2.24, 2.45) is 0 Å². The number of alkyl halides is 3. The molecule has 2 rings (SSSR count). The third-order valence-corrected chi connectivity index (χ3v) is 3.97. The van der Waals surface area contributed by atoms with E-state index >= 15 is 0 Å². The van der Waals surface area contributed by atoms with Gasteiger partial charge in [0.05, 0.1) is 11.3 Å². The number of rotatable bonds is 5. The van der Waals surface area contributed by atoms with E-state index < -0.39 is 23.5 Å². The van der Waals surface area contributed by atoms with E-state index in [4.69, 9.17) is 5.11 Å². The van der Waals surface area contributed by atoms with Crippen LogP contribution in [0.5, 0.6) is 0 Å². The third-order valence-electron chi connectivity index (χ3n) is 3.22. The zero-order chi connectivity index (χ0) is 17.7. The van der Waals surface area contributed by atoms with Gasteiger partial charge in [0.1, 0.15) is 0 Å². The standard InChI is InChI=1S/C16H15F3N2O2S/c1-24-12-5-2-10(3-6-12)9-20-11-4-7-14(21-15(22)23)13(8-11)16(17,18)19/h2-8,20-21H,9H2,1H3,(H,22,23). The van der Waals surface area contributed by atoms with Crippen LogP contribution in [0.4, 0.5) is 29.3 Å². The molecule has 0 aromatic heterocycles. The molecule has 2 aromatic rings. The van der Waals surface area contributed by atoms with Crippen LogP contribution in [0.15, 0.2) is 47.4 Å². The second-order valence-electron chi connectivity index (χ2n) is 4.89. The van der Waals surface area contributed by atoms with Crippen LogP contribution >= 0.6 is 11.8 Å². The van der Waals surface area contributed by atoms with E-state index in [9.17, 15) is 18.0 Å². The van der Waals surface area contributed by atoms with Crippen molar-refractivity contribution in [1.82, 2.24) is 0 Å². The van der Waals surface area contributed by atoms with Crippen molar-refractivity contribution in [2.75, 3.05) is 16.9 Å². The van der Waals surface area contributed by atoms with Crippen LogP contribution in [-0.4, -0.2) is 17.5 Å². The van der Waals surface area contributed by atoms with Crippen molar-refractivity contribution in [2.45, 2.75) is 17.6 Å². The first-order valence-corrected chi connectivity index (χ1v) is 8.10. The fourth-order valence-electron chi connectivity index (χ4n) is 2.06. The van der Waals surface area contributed by atoms with Crippen molar-refractivity contribution in [3.05, 3.63) is 53.6 Å².